The van der Waals surface area contributed by atoms with Gasteiger partial charge in [0.05, 0.1) is 39.3 Å². The highest BCUT2D eigenvalue weighted by atomic mass is 16.5. The zero-order valence-electron chi connectivity index (χ0n) is 22.9. The lowest BCUT2D eigenvalue weighted by molar-refractivity contribution is 0.476. The molecule has 0 bridgehead atoms. The first-order valence-electron chi connectivity index (χ1n) is 14.2. The number of pyridine rings is 1. The zero-order chi connectivity index (χ0) is 28.3. The van der Waals surface area contributed by atoms with Crippen LogP contribution in [0.4, 0.5) is 17.3 Å². The van der Waals surface area contributed by atoms with Crippen molar-refractivity contribution in [2.45, 2.75) is 0 Å². The van der Waals surface area contributed by atoms with Gasteiger partial charge >= 0.3 is 0 Å². The maximum atomic E-state index is 6.30. The molecule has 1 aliphatic rings. The molecule has 9 rings (SSSR count). The Labute approximate surface area is 247 Å². The second-order valence-electron chi connectivity index (χ2n) is 10.5. The molecule has 0 aliphatic carbocycles. The van der Waals surface area contributed by atoms with Crippen molar-refractivity contribution in [1.29, 1.82) is 0 Å². The summed E-state index contributed by atoms with van der Waals surface area (Å²) in [6.07, 6.45) is 0. The van der Waals surface area contributed by atoms with Crippen molar-refractivity contribution in [1.82, 2.24) is 19.5 Å². The average molecular weight is 554 g/mol. The quantitative estimate of drug-likeness (QED) is 0.218. The van der Waals surface area contributed by atoms with Crippen molar-refractivity contribution >= 4 is 50.0 Å². The molecule has 0 saturated heterocycles. The van der Waals surface area contributed by atoms with E-state index in [9.17, 15) is 0 Å². The van der Waals surface area contributed by atoms with Crippen molar-refractivity contribution in [2.24, 2.45) is 0 Å². The molecule has 8 aromatic rings. The summed E-state index contributed by atoms with van der Waals surface area (Å²) in [5.74, 6) is 2.79. The number of benzene rings is 5. The molecule has 202 valence electrons. The topological polar surface area (TPSA) is 56.1 Å². The highest BCUT2D eigenvalue weighted by Gasteiger charge is 2.28. The SMILES string of the molecule is c1ccc2c(c1)Oc1ccccc1N2c1nc(-c2ccc3ccccc3n2)cc(-n2c3ccccc3c3ccccc32)n1. The van der Waals surface area contributed by atoms with Gasteiger partial charge in [0.25, 0.3) is 0 Å². The largest absolute Gasteiger partial charge is 0.453 e. The number of hydrogen-bond donors (Lipinski definition) is 0. The molecule has 6 heteroatoms. The minimum atomic E-state index is 0.535. The van der Waals surface area contributed by atoms with Crippen molar-refractivity contribution in [2.75, 3.05) is 4.90 Å². The van der Waals surface area contributed by atoms with E-state index in [0.717, 1.165) is 62.0 Å². The van der Waals surface area contributed by atoms with E-state index >= 15 is 0 Å². The Morgan fingerprint density at radius 2 is 1.09 bits per heavy atom. The van der Waals surface area contributed by atoms with Crippen LogP contribution in [-0.2, 0) is 0 Å². The molecule has 0 amide bonds. The summed E-state index contributed by atoms with van der Waals surface area (Å²) in [6, 6.07) is 47.2. The Balaban J connectivity index is 1.36. The maximum Gasteiger partial charge on any atom is 0.237 e. The number of fused-ring (bicyclic) bond motifs is 6. The maximum absolute atomic E-state index is 6.30. The summed E-state index contributed by atoms with van der Waals surface area (Å²) in [5, 5.41) is 3.43. The standard InChI is InChI=1S/C37H23N5O/c1-4-14-27-24(11-1)21-22-28(38-27)29-23-36(41-30-15-5-2-12-25(30)26-13-3-6-16-31(26)41)40-37(39-29)42-32-17-7-9-19-34(32)43-35-20-10-8-18-33(35)42/h1-23H. The average Bonchev–Trinajstić information content (AvgIpc) is 3.41. The van der Waals surface area contributed by atoms with Crippen molar-refractivity contribution in [3.05, 3.63) is 140 Å². The Kier molecular flexibility index (Phi) is 5.10. The van der Waals surface area contributed by atoms with E-state index in [-0.39, 0.29) is 0 Å². The molecule has 0 radical (unpaired) electrons. The van der Waals surface area contributed by atoms with Gasteiger partial charge in [-0.15, -0.1) is 0 Å². The first-order chi connectivity index (χ1) is 21.3. The molecule has 3 aromatic heterocycles. The highest BCUT2D eigenvalue weighted by Crippen LogP contribution is 2.49. The van der Waals surface area contributed by atoms with Gasteiger partial charge in [-0.05, 0) is 48.5 Å². The van der Waals surface area contributed by atoms with Crippen molar-refractivity contribution in [3.8, 4) is 28.7 Å². The predicted octanol–water partition coefficient (Wildman–Crippen LogP) is 9.36. The number of aromatic nitrogens is 4. The highest BCUT2D eigenvalue weighted by molar-refractivity contribution is 6.09. The Hall–Kier alpha value is -6.01. The van der Waals surface area contributed by atoms with E-state index in [4.69, 9.17) is 19.7 Å². The van der Waals surface area contributed by atoms with Crippen LogP contribution in [0.2, 0.25) is 0 Å². The van der Waals surface area contributed by atoms with Gasteiger partial charge in [0.2, 0.25) is 5.95 Å². The van der Waals surface area contributed by atoms with Crippen molar-refractivity contribution in [3.63, 3.8) is 0 Å². The lowest BCUT2D eigenvalue weighted by Gasteiger charge is -2.31. The summed E-state index contributed by atoms with van der Waals surface area (Å²) >= 11 is 0. The molecule has 0 fully saturated rings. The fourth-order valence-corrected chi connectivity index (χ4v) is 6.07. The first kappa shape index (κ1) is 23.7. The van der Waals surface area contributed by atoms with Crippen LogP contribution in [0.15, 0.2) is 140 Å². The second kappa shape index (κ2) is 9.26. The van der Waals surface area contributed by atoms with Crippen LogP contribution in [-0.4, -0.2) is 19.5 Å². The van der Waals surface area contributed by atoms with E-state index in [1.165, 1.54) is 10.8 Å². The lowest BCUT2D eigenvalue weighted by Crippen LogP contribution is -2.19. The van der Waals surface area contributed by atoms with E-state index in [1.54, 1.807) is 0 Å². The smallest absolute Gasteiger partial charge is 0.237 e. The molecule has 1 aliphatic heterocycles. The van der Waals surface area contributed by atoms with Gasteiger partial charge in [-0.2, -0.15) is 4.98 Å². The van der Waals surface area contributed by atoms with Crippen LogP contribution >= 0.6 is 0 Å². The van der Waals surface area contributed by atoms with Gasteiger partial charge in [0.15, 0.2) is 11.5 Å². The van der Waals surface area contributed by atoms with Gasteiger partial charge in [0, 0.05) is 22.2 Å². The number of ether oxygens (including phenoxy) is 1. The van der Waals surface area contributed by atoms with E-state index < -0.39 is 0 Å². The minimum Gasteiger partial charge on any atom is -0.453 e. The summed E-state index contributed by atoms with van der Waals surface area (Å²) in [5.41, 5.74) is 6.33. The Morgan fingerprint density at radius 3 is 1.81 bits per heavy atom. The molecule has 0 unspecified atom stereocenters. The third-order valence-corrected chi connectivity index (χ3v) is 8.00. The summed E-state index contributed by atoms with van der Waals surface area (Å²) < 4.78 is 8.52. The van der Waals surface area contributed by atoms with Crippen LogP contribution in [0.25, 0.3) is 49.9 Å². The fourth-order valence-electron chi connectivity index (χ4n) is 6.07. The number of anilines is 3. The first-order valence-corrected chi connectivity index (χ1v) is 14.2. The zero-order valence-corrected chi connectivity index (χ0v) is 22.9. The van der Waals surface area contributed by atoms with Crippen LogP contribution in [0.3, 0.4) is 0 Å². The molecule has 4 heterocycles. The third-order valence-electron chi connectivity index (χ3n) is 8.00. The molecular weight excluding hydrogens is 530 g/mol. The Morgan fingerprint density at radius 1 is 0.488 bits per heavy atom. The number of nitrogens with zero attached hydrogens (tertiary/aromatic N) is 5. The van der Waals surface area contributed by atoms with Gasteiger partial charge in [-0.25, -0.2) is 9.97 Å². The molecule has 0 atom stereocenters. The molecule has 6 nitrogen and oxygen atoms in total. The lowest BCUT2D eigenvalue weighted by atomic mass is 10.1. The minimum absolute atomic E-state index is 0.535. The van der Waals surface area contributed by atoms with E-state index in [2.05, 4.69) is 70.1 Å². The summed E-state index contributed by atoms with van der Waals surface area (Å²) in [4.78, 5) is 17.6. The van der Waals surface area contributed by atoms with Crippen LogP contribution in [0.5, 0.6) is 11.5 Å². The number of para-hydroxylation sites is 7. The van der Waals surface area contributed by atoms with E-state index in [0.29, 0.717) is 5.95 Å². The van der Waals surface area contributed by atoms with Gasteiger partial charge in [0.1, 0.15) is 5.82 Å². The molecule has 0 N–H and O–H groups in total. The fraction of sp³-hybridized carbons (Fsp3) is 0. The molecule has 43 heavy (non-hydrogen) atoms. The van der Waals surface area contributed by atoms with Gasteiger partial charge in [-0.1, -0.05) is 84.9 Å². The van der Waals surface area contributed by atoms with Crippen molar-refractivity contribution < 1.29 is 4.74 Å². The molecule has 0 saturated carbocycles. The van der Waals surface area contributed by atoms with Crippen LogP contribution in [0, 0.1) is 0 Å². The normalized spacial score (nSPS) is 12.3. The second-order valence-corrected chi connectivity index (χ2v) is 10.5. The third kappa shape index (κ3) is 3.70. The Bertz CT molecular complexity index is 2260. The molecule has 0 spiro atoms. The summed E-state index contributed by atoms with van der Waals surface area (Å²) in [7, 11) is 0. The van der Waals surface area contributed by atoms with Crippen LogP contribution < -0.4 is 9.64 Å². The van der Waals surface area contributed by atoms with Crippen LogP contribution in [0.1, 0.15) is 0 Å². The van der Waals surface area contributed by atoms with E-state index in [1.807, 2.05) is 78.9 Å². The van der Waals surface area contributed by atoms with Gasteiger partial charge < -0.3 is 4.74 Å². The monoisotopic (exact) mass is 553 g/mol. The van der Waals surface area contributed by atoms with Gasteiger partial charge in [-0.3, -0.25) is 9.47 Å². The molecular formula is C37H23N5O. The number of hydrogen-bond acceptors (Lipinski definition) is 5. The number of rotatable bonds is 3. The summed E-state index contributed by atoms with van der Waals surface area (Å²) in [6.45, 7) is 0. The predicted molar refractivity (Wildman–Crippen MR) is 172 cm³/mol. The molecule has 5 aromatic carbocycles.